The van der Waals surface area contributed by atoms with E-state index < -0.39 is 0 Å². The third kappa shape index (κ3) is 3.06. The molecule has 1 aliphatic rings. The van der Waals surface area contributed by atoms with Gasteiger partial charge in [-0.2, -0.15) is 0 Å². The van der Waals surface area contributed by atoms with Crippen molar-refractivity contribution in [2.45, 2.75) is 24.0 Å². The van der Waals surface area contributed by atoms with Crippen LogP contribution in [0.2, 0.25) is 0 Å². The van der Waals surface area contributed by atoms with Gasteiger partial charge in [0, 0.05) is 17.2 Å². The van der Waals surface area contributed by atoms with E-state index in [4.69, 9.17) is 10.5 Å². The molecule has 1 aliphatic heterocycles. The fourth-order valence-corrected chi connectivity index (χ4v) is 3.58. The Kier molecular flexibility index (Phi) is 4.41. The number of thioether (sulfide) groups is 1. The van der Waals surface area contributed by atoms with Gasteiger partial charge in [-0.15, -0.1) is 11.8 Å². The van der Waals surface area contributed by atoms with Crippen molar-refractivity contribution in [2.75, 3.05) is 12.4 Å². The minimum Gasteiger partial charge on any atom is -0.372 e. The maximum Gasteiger partial charge on any atom is 0.0921 e. The van der Waals surface area contributed by atoms with Gasteiger partial charge in [-0.1, -0.05) is 36.4 Å². The molecule has 1 atom stereocenters. The highest BCUT2D eigenvalue weighted by Gasteiger charge is 2.20. The van der Waals surface area contributed by atoms with Gasteiger partial charge in [0.2, 0.25) is 0 Å². The Balaban J connectivity index is 1.70. The molecule has 0 bridgehead atoms. The van der Waals surface area contributed by atoms with Gasteiger partial charge in [-0.3, -0.25) is 0 Å². The summed E-state index contributed by atoms with van der Waals surface area (Å²) in [5.74, 6) is 0.949. The van der Waals surface area contributed by atoms with E-state index in [2.05, 4.69) is 48.5 Å². The van der Waals surface area contributed by atoms with Crippen molar-refractivity contribution in [2.24, 2.45) is 5.73 Å². The molecule has 1 heterocycles. The average Bonchev–Trinajstić information content (AvgIpc) is 2.53. The average molecular weight is 285 g/mol. The Morgan fingerprint density at radius 2 is 2.05 bits per heavy atom. The predicted molar refractivity (Wildman–Crippen MR) is 83.9 cm³/mol. The summed E-state index contributed by atoms with van der Waals surface area (Å²) in [6.45, 7) is 1.42. The van der Waals surface area contributed by atoms with Crippen molar-refractivity contribution >= 4 is 11.8 Å². The quantitative estimate of drug-likeness (QED) is 0.873. The summed E-state index contributed by atoms with van der Waals surface area (Å²) in [7, 11) is 0. The Morgan fingerprint density at radius 3 is 2.95 bits per heavy atom. The molecule has 2 aromatic rings. The lowest BCUT2D eigenvalue weighted by Crippen LogP contribution is -2.17. The van der Waals surface area contributed by atoms with Crippen LogP contribution in [0, 0.1) is 0 Å². The Labute approximate surface area is 124 Å². The fourth-order valence-electron chi connectivity index (χ4n) is 2.55. The van der Waals surface area contributed by atoms with Gasteiger partial charge in [-0.25, -0.2) is 0 Å². The van der Waals surface area contributed by atoms with Crippen LogP contribution in [0.1, 0.15) is 22.8 Å². The van der Waals surface area contributed by atoms with Crippen molar-refractivity contribution < 1.29 is 4.74 Å². The Hall–Kier alpha value is -1.29. The first kappa shape index (κ1) is 13.7. The van der Waals surface area contributed by atoms with Crippen LogP contribution in [0.15, 0.2) is 53.4 Å². The van der Waals surface area contributed by atoms with Gasteiger partial charge in [0.1, 0.15) is 0 Å². The van der Waals surface area contributed by atoms with Crippen LogP contribution in [0.3, 0.4) is 0 Å². The molecule has 104 valence electrons. The van der Waals surface area contributed by atoms with Crippen LogP contribution in [0.25, 0.3) is 0 Å². The van der Waals surface area contributed by atoms with Crippen LogP contribution in [-0.2, 0) is 17.7 Å². The molecular formula is C17H19NOS. The number of fused-ring (bicyclic) bond motifs is 1. The summed E-state index contributed by atoms with van der Waals surface area (Å²) in [5.41, 5.74) is 9.65. The van der Waals surface area contributed by atoms with Gasteiger partial charge >= 0.3 is 0 Å². The number of hydrogen-bond donors (Lipinski definition) is 1. The van der Waals surface area contributed by atoms with Crippen molar-refractivity contribution in [1.82, 2.24) is 0 Å². The highest BCUT2D eigenvalue weighted by atomic mass is 32.2. The van der Waals surface area contributed by atoms with Crippen LogP contribution in [0.5, 0.6) is 0 Å². The number of benzene rings is 2. The molecule has 0 aliphatic carbocycles. The van der Waals surface area contributed by atoms with Crippen LogP contribution in [-0.4, -0.2) is 12.4 Å². The molecule has 2 nitrogen and oxygen atoms in total. The molecule has 0 saturated carbocycles. The third-order valence-corrected chi connectivity index (χ3v) is 4.68. The standard InChI is InChI=1S/C17H19NOS/c18-11-13-4-3-6-15(10-13)20-12-17-16-7-2-1-5-14(16)8-9-19-17/h1-7,10,17H,8-9,11-12,18H2. The number of nitrogens with two attached hydrogens (primary N) is 1. The summed E-state index contributed by atoms with van der Waals surface area (Å²) in [6.07, 6.45) is 1.23. The van der Waals surface area contributed by atoms with Crippen molar-refractivity contribution in [3.8, 4) is 0 Å². The topological polar surface area (TPSA) is 35.2 Å². The van der Waals surface area contributed by atoms with Gasteiger partial charge in [0.05, 0.1) is 12.7 Å². The van der Waals surface area contributed by atoms with E-state index in [-0.39, 0.29) is 6.10 Å². The highest BCUT2D eigenvalue weighted by Crippen LogP contribution is 2.32. The monoisotopic (exact) mass is 285 g/mol. The Bertz CT molecular complexity index is 585. The zero-order chi connectivity index (χ0) is 13.8. The smallest absolute Gasteiger partial charge is 0.0921 e. The molecule has 2 aromatic carbocycles. The summed E-state index contributed by atoms with van der Waals surface area (Å²) in [5, 5.41) is 0. The van der Waals surface area contributed by atoms with Crippen LogP contribution >= 0.6 is 11.8 Å². The lowest BCUT2D eigenvalue weighted by atomic mass is 9.99. The second-order valence-electron chi connectivity index (χ2n) is 4.97. The first-order valence-electron chi connectivity index (χ1n) is 6.98. The highest BCUT2D eigenvalue weighted by molar-refractivity contribution is 7.99. The van der Waals surface area contributed by atoms with Crippen molar-refractivity contribution in [1.29, 1.82) is 0 Å². The molecule has 0 saturated heterocycles. The summed E-state index contributed by atoms with van der Waals surface area (Å²) in [6, 6.07) is 17.1. The zero-order valence-corrected chi connectivity index (χ0v) is 12.2. The van der Waals surface area contributed by atoms with E-state index in [0.717, 1.165) is 18.8 Å². The molecule has 3 heteroatoms. The van der Waals surface area contributed by atoms with Gasteiger partial charge < -0.3 is 10.5 Å². The summed E-state index contributed by atoms with van der Waals surface area (Å²) in [4.78, 5) is 1.26. The van der Waals surface area contributed by atoms with E-state index in [1.807, 2.05) is 11.8 Å². The molecule has 3 rings (SSSR count). The maximum atomic E-state index is 5.94. The minimum atomic E-state index is 0.200. The largest absolute Gasteiger partial charge is 0.372 e. The first-order valence-corrected chi connectivity index (χ1v) is 7.96. The maximum absolute atomic E-state index is 5.94. The summed E-state index contributed by atoms with van der Waals surface area (Å²) < 4.78 is 5.94. The second-order valence-corrected chi connectivity index (χ2v) is 6.06. The second kappa shape index (κ2) is 6.44. The molecular weight excluding hydrogens is 266 g/mol. The third-order valence-electron chi connectivity index (χ3n) is 3.63. The molecule has 2 N–H and O–H groups in total. The van der Waals surface area contributed by atoms with Crippen LogP contribution in [0.4, 0.5) is 0 Å². The van der Waals surface area contributed by atoms with Gasteiger partial charge in [0.25, 0.3) is 0 Å². The lowest BCUT2D eigenvalue weighted by Gasteiger charge is -2.25. The molecule has 1 unspecified atom stereocenters. The van der Waals surface area contributed by atoms with Gasteiger partial charge in [-0.05, 0) is 35.2 Å². The fraction of sp³-hybridized carbons (Fsp3) is 0.294. The molecule has 0 radical (unpaired) electrons. The zero-order valence-electron chi connectivity index (χ0n) is 11.4. The van der Waals surface area contributed by atoms with E-state index in [1.54, 1.807) is 0 Å². The van der Waals surface area contributed by atoms with E-state index in [9.17, 15) is 0 Å². The normalized spacial score (nSPS) is 17.8. The molecule has 0 amide bonds. The molecule has 0 aromatic heterocycles. The summed E-state index contributed by atoms with van der Waals surface area (Å²) >= 11 is 1.84. The van der Waals surface area contributed by atoms with Crippen LogP contribution < -0.4 is 5.73 Å². The number of hydrogen-bond acceptors (Lipinski definition) is 3. The lowest BCUT2D eigenvalue weighted by molar-refractivity contribution is 0.0588. The predicted octanol–water partition coefficient (Wildman–Crippen LogP) is 3.55. The molecule has 0 spiro atoms. The van der Waals surface area contributed by atoms with Crippen molar-refractivity contribution in [3.05, 3.63) is 65.2 Å². The first-order chi connectivity index (χ1) is 9.86. The van der Waals surface area contributed by atoms with Gasteiger partial charge in [0.15, 0.2) is 0 Å². The number of ether oxygens (including phenoxy) is 1. The van der Waals surface area contributed by atoms with Crippen molar-refractivity contribution in [3.63, 3.8) is 0 Å². The SMILES string of the molecule is NCc1cccc(SCC2OCCc3ccccc32)c1. The molecule has 0 fully saturated rings. The molecule has 20 heavy (non-hydrogen) atoms. The van der Waals surface area contributed by atoms with E-state index in [0.29, 0.717) is 6.54 Å². The number of rotatable bonds is 4. The van der Waals surface area contributed by atoms with E-state index >= 15 is 0 Å². The minimum absolute atomic E-state index is 0.200. The van der Waals surface area contributed by atoms with E-state index in [1.165, 1.54) is 21.6 Å². The Morgan fingerprint density at radius 1 is 1.15 bits per heavy atom.